The summed E-state index contributed by atoms with van der Waals surface area (Å²) in [6.07, 6.45) is 73.4. The number of ether oxygens (including phenoxy) is 3. The number of hydrogen-bond acceptors (Lipinski definition) is 6. The van der Waals surface area contributed by atoms with Crippen LogP contribution in [0.4, 0.5) is 0 Å². The van der Waals surface area contributed by atoms with E-state index in [4.69, 9.17) is 14.2 Å². The van der Waals surface area contributed by atoms with E-state index >= 15 is 0 Å². The third-order valence-corrected chi connectivity index (χ3v) is 10.7. The molecule has 372 valence electrons. The van der Waals surface area contributed by atoms with Gasteiger partial charge in [-0.05, 0) is 116 Å². The lowest BCUT2D eigenvalue weighted by molar-refractivity contribution is -0.166. The van der Waals surface area contributed by atoms with Crippen LogP contribution in [0.5, 0.6) is 0 Å². The summed E-state index contributed by atoms with van der Waals surface area (Å²) in [7, 11) is 0. The van der Waals surface area contributed by atoms with Crippen LogP contribution >= 0.6 is 0 Å². The van der Waals surface area contributed by atoms with Crippen LogP contribution in [-0.4, -0.2) is 37.2 Å². The average molecular weight is 913 g/mol. The topological polar surface area (TPSA) is 78.9 Å². The zero-order valence-electron chi connectivity index (χ0n) is 42.4. The van der Waals surface area contributed by atoms with Crippen molar-refractivity contribution in [2.75, 3.05) is 13.2 Å². The summed E-state index contributed by atoms with van der Waals surface area (Å²) in [5.41, 5.74) is 0. The highest BCUT2D eigenvalue weighted by molar-refractivity contribution is 5.71. The van der Waals surface area contributed by atoms with Crippen molar-refractivity contribution >= 4 is 17.9 Å². The van der Waals surface area contributed by atoms with Gasteiger partial charge in [0.25, 0.3) is 0 Å². The van der Waals surface area contributed by atoms with E-state index in [1.54, 1.807) is 0 Å². The second-order valence-corrected chi connectivity index (χ2v) is 17.0. The van der Waals surface area contributed by atoms with Gasteiger partial charge in [-0.25, -0.2) is 0 Å². The average Bonchev–Trinajstić information content (AvgIpc) is 3.31. The van der Waals surface area contributed by atoms with Crippen molar-refractivity contribution in [2.24, 2.45) is 0 Å². The molecule has 0 amide bonds. The Morgan fingerprint density at radius 3 is 1.06 bits per heavy atom. The van der Waals surface area contributed by atoms with Crippen LogP contribution in [0.1, 0.15) is 220 Å². The van der Waals surface area contributed by atoms with Crippen molar-refractivity contribution in [3.63, 3.8) is 0 Å². The Bertz CT molecular complexity index is 1420. The molecule has 0 fully saturated rings. The first-order valence-corrected chi connectivity index (χ1v) is 26.5. The van der Waals surface area contributed by atoms with Crippen LogP contribution in [0.2, 0.25) is 0 Å². The lowest BCUT2D eigenvalue weighted by Gasteiger charge is -2.18. The molecule has 0 aromatic heterocycles. The van der Waals surface area contributed by atoms with E-state index in [0.29, 0.717) is 25.7 Å². The van der Waals surface area contributed by atoms with Crippen LogP contribution in [-0.2, 0) is 28.6 Å². The number of unbranched alkanes of at least 4 members (excludes halogenated alkanes) is 15. The second kappa shape index (κ2) is 53.4. The standard InChI is InChI=1S/C60H96O6/c1-4-7-10-13-16-19-22-25-27-29-30-32-33-35-38-41-44-47-50-53-59(62)65-56-57(55-64-58(61)52-49-46-43-40-37-24-21-18-15-12-9-6-3)66-60(63)54-51-48-45-42-39-36-34-31-28-26-23-20-17-14-11-8-5-2/h7,9-10,12,16,18-19,21,25-28,30,32,35,37-38,40,44,47,57H,4-6,8,11,13-15,17,20,22-24,29,31,33-34,36,39,41-43,45-46,48-56H2,1-3H3/b10-7-,12-9-,19-16-,21-18-,27-25-,28-26-,32-30-,38-35-,40-37-,47-44-. The highest BCUT2D eigenvalue weighted by atomic mass is 16.6. The molecule has 0 aliphatic heterocycles. The molecule has 0 rings (SSSR count). The van der Waals surface area contributed by atoms with E-state index < -0.39 is 6.10 Å². The lowest BCUT2D eigenvalue weighted by atomic mass is 10.1. The van der Waals surface area contributed by atoms with Crippen LogP contribution in [0, 0.1) is 0 Å². The van der Waals surface area contributed by atoms with E-state index in [0.717, 1.165) is 89.9 Å². The molecular weight excluding hydrogens is 817 g/mol. The van der Waals surface area contributed by atoms with Gasteiger partial charge in [0.2, 0.25) is 0 Å². The van der Waals surface area contributed by atoms with E-state index in [1.807, 2.05) is 12.2 Å². The predicted octanol–water partition coefficient (Wildman–Crippen LogP) is 17.7. The molecule has 0 aromatic rings. The van der Waals surface area contributed by atoms with Gasteiger partial charge in [-0.15, -0.1) is 0 Å². The van der Waals surface area contributed by atoms with Crippen molar-refractivity contribution in [3.05, 3.63) is 122 Å². The van der Waals surface area contributed by atoms with E-state index in [-0.39, 0.29) is 37.5 Å². The summed E-state index contributed by atoms with van der Waals surface area (Å²) in [6, 6.07) is 0. The number of carbonyl (C=O) groups excluding carboxylic acids is 3. The van der Waals surface area contributed by atoms with Gasteiger partial charge in [0, 0.05) is 19.3 Å². The fraction of sp³-hybridized carbons (Fsp3) is 0.617. The predicted molar refractivity (Wildman–Crippen MR) is 283 cm³/mol. The highest BCUT2D eigenvalue weighted by Crippen LogP contribution is 2.13. The van der Waals surface area contributed by atoms with Gasteiger partial charge in [-0.3, -0.25) is 14.4 Å². The highest BCUT2D eigenvalue weighted by Gasteiger charge is 2.19. The molecule has 0 aliphatic rings. The van der Waals surface area contributed by atoms with Crippen LogP contribution < -0.4 is 0 Å². The first-order chi connectivity index (χ1) is 32.5. The SMILES string of the molecule is CC/C=C\C/C=C\C/C=C\C/C=C\C/C=C\C/C=C\CCC(=O)OCC(COC(=O)CCCC/C=C\C/C=C\C/C=C\CC)OC(=O)CCCCCCCCC/C=C\CCCCCCCC. The molecule has 1 unspecified atom stereocenters. The third kappa shape index (κ3) is 50.8. The Morgan fingerprint density at radius 2 is 0.621 bits per heavy atom. The summed E-state index contributed by atoms with van der Waals surface area (Å²) in [5, 5.41) is 0. The maximum atomic E-state index is 12.8. The summed E-state index contributed by atoms with van der Waals surface area (Å²) < 4.78 is 16.7. The molecule has 6 nitrogen and oxygen atoms in total. The minimum absolute atomic E-state index is 0.126. The minimum Gasteiger partial charge on any atom is -0.462 e. The molecule has 0 bridgehead atoms. The fourth-order valence-corrected chi connectivity index (χ4v) is 6.77. The molecule has 0 spiro atoms. The number of hydrogen-bond donors (Lipinski definition) is 0. The largest absolute Gasteiger partial charge is 0.462 e. The Balaban J connectivity index is 4.55. The molecule has 1 atom stereocenters. The Hall–Kier alpha value is -4.19. The maximum Gasteiger partial charge on any atom is 0.306 e. The normalized spacial score (nSPS) is 13.1. The molecule has 0 N–H and O–H groups in total. The summed E-state index contributed by atoms with van der Waals surface area (Å²) in [4.78, 5) is 38.0. The summed E-state index contributed by atoms with van der Waals surface area (Å²) in [5.74, 6) is -1.06. The second-order valence-electron chi connectivity index (χ2n) is 17.0. The van der Waals surface area contributed by atoms with Crippen LogP contribution in [0.25, 0.3) is 0 Å². The van der Waals surface area contributed by atoms with Crippen LogP contribution in [0.3, 0.4) is 0 Å². The molecular formula is C60H96O6. The minimum atomic E-state index is -0.829. The van der Waals surface area contributed by atoms with Gasteiger partial charge in [0.15, 0.2) is 6.10 Å². The Morgan fingerprint density at radius 1 is 0.318 bits per heavy atom. The molecule has 0 aromatic carbocycles. The van der Waals surface area contributed by atoms with Gasteiger partial charge >= 0.3 is 17.9 Å². The van der Waals surface area contributed by atoms with Crippen LogP contribution in [0.15, 0.2) is 122 Å². The lowest BCUT2D eigenvalue weighted by Crippen LogP contribution is -2.30. The van der Waals surface area contributed by atoms with Crippen molar-refractivity contribution < 1.29 is 28.6 Å². The first-order valence-electron chi connectivity index (χ1n) is 26.5. The maximum absolute atomic E-state index is 12.8. The van der Waals surface area contributed by atoms with Gasteiger partial charge in [-0.1, -0.05) is 206 Å². The molecule has 0 saturated heterocycles. The number of carbonyl (C=O) groups is 3. The molecule has 0 heterocycles. The first kappa shape index (κ1) is 61.8. The van der Waals surface area contributed by atoms with E-state index in [9.17, 15) is 14.4 Å². The molecule has 0 aliphatic carbocycles. The fourth-order valence-electron chi connectivity index (χ4n) is 6.77. The monoisotopic (exact) mass is 913 g/mol. The number of allylic oxidation sites excluding steroid dienone is 20. The van der Waals surface area contributed by atoms with Crippen molar-refractivity contribution in [1.29, 1.82) is 0 Å². The summed E-state index contributed by atoms with van der Waals surface area (Å²) in [6.45, 7) is 6.29. The smallest absolute Gasteiger partial charge is 0.306 e. The molecule has 6 heteroatoms. The number of rotatable bonds is 46. The quantitative estimate of drug-likeness (QED) is 0.0262. The molecule has 0 saturated carbocycles. The third-order valence-electron chi connectivity index (χ3n) is 10.7. The van der Waals surface area contributed by atoms with E-state index in [1.165, 1.54) is 77.0 Å². The van der Waals surface area contributed by atoms with Gasteiger partial charge in [0.05, 0.1) is 0 Å². The van der Waals surface area contributed by atoms with Crippen molar-refractivity contribution in [1.82, 2.24) is 0 Å². The number of esters is 3. The van der Waals surface area contributed by atoms with E-state index in [2.05, 4.69) is 130 Å². The van der Waals surface area contributed by atoms with Gasteiger partial charge < -0.3 is 14.2 Å². The van der Waals surface area contributed by atoms with Gasteiger partial charge in [-0.2, -0.15) is 0 Å². The molecule has 0 radical (unpaired) electrons. The summed E-state index contributed by atoms with van der Waals surface area (Å²) >= 11 is 0. The van der Waals surface area contributed by atoms with Crippen molar-refractivity contribution in [3.8, 4) is 0 Å². The van der Waals surface area contributed by atoms with Crippen molar-refractivity contribution in [2.45, 2.75) is 226 Å². The Kier molecular flexibility index (Phi) is 50.0. The zero-order valence-corrected chi connectivity index (χ0v) is 42.4. The Labute approximate surface area is 405 Å². The van der Waals surface area contributed by atoms with Gasteiger partial charge in [0.1, 0.15) is 13.2 Å². The zero-order chi connectivity index (χ0) is 47.9. The molecule has 66 heavy (non-hydrogen) atoms.